The Morgan fingerprint density at radius 3 is 2.81 bits per heavy atom. The van der Waals surface area contributed by atoms with Gasteiger partial charge in [0.15, 0.2) is 6.10 Å². The summed E-state index contributed by atoms with van der Waals surface area (Å²) in [5.74, 6) is 1.47. The number of hydrogen-bond acceptors (Lipinski definition) is 5. The number of Topliss-reactive ketones (excluding diaryl/α,β-unsaturated/α-hetero) is 1. The second-order valence-corrected chi connectivity index (χ2v) is 4.64. The molecule has 1 unspecified atom stereocenters. The minimum Gasteiger partial charge on any atom is -0.508 e. The molecular weight excluding hydrogens is 272 g/mol. The molecule has 2 aromatic carbocycles. The van der Waals surface area contributed by atoms with Crippen LogP contribution in [-0.4, -0.2) is 30.7 Å². The molecule has 0 saturated carbocycles. The summed E-state index contributed by atoms with van der Waals surface area (Å²) in [6, 6.07) is 11.5. The summed E-state index contributed by atoms with van der Waals surface area (Å²) < 4.78 is 16.3. The fourth-order valence-electron chi connectivity index (χ4n) is 2.17. The first-order valence-electron chi connectivity index (χ1n) is 6.48. The van der Waals surface area contributed by atoms with Gasteiger partial charge in [-0.3, -0.25) is 4.79 Å². The lowest BCUT2D eigenvalue weighted by molar-refractivity contribution is 0.0627. The van der Waals surface area contributed by atoms with Crippen molar-refractivity contribution in [2.75, 3.05) is 13.7 Å². The second kappa shape index (κ2) is 5.36. The molecule has 0 aromatic heterocycles. The number of methoxy groups -OCH3 is 1. The number of benzene rings is 2. The zero-order valence-corrected chi connectivity index (χ0v) is 11.4. The number of ether oxygens (including phenoxy) is 3. The van der Waals surface area contributed by atoms with E-state index in [4.69, 9.17) is 14.2 Å². The summed E-state index contributed by atoms with van der Waals surface area (Å²) in [6.07, 6.45) is -0.714. The lowest BCUT2D eigenvalue weighted by atomic mass is 10.0. The number of phenolic OH excluding ortho intramolecular Hbond substituents is 1. The number of ketones is 1. The van der Waals surface area contributed by atoms with Crippen molar-refractivity contribution in [1.82, 2.24) is 0 Å². The molecule has 5 heteroatoms. The highest BCUT2D eigenvalue weighted by Crippen LogP contribution is 2.30. The van der Waals surface area contributed by atoms with Crippen LogP contribution >= 0.6 is 0 Å². The average Bonchev–Trinajstić information content (AvgIpc) is 2.50. The first kappa shape index (κ1) is 13.3. The van der Waals surface area contributed by atoms with Crippen molar-refractivity contribution in [3.8, 4) is 23.0 Å². The number of hydrogen-bond donors (Lipinski definition) is 1. The monoisotopic (exact) mass is 286 g/mol. The van der Waals surface area contributed by atoms with Crippen LogP contribution in [0.25, 0.3) is 0 Å². The molecule has 1 heterocycles. The van der Waals surface area contributed by atoms with Gasteiger partial charge in [0.1, 0.15) is 29.6 Å². The number of fused-ring (bicyclic) bond motifs is 1. The lowest BCUT2D eigenvalue weighted by Gasteiger charge is -2.25. The van der Waals surface area contributed by atoms with Gasteiger partial charge in [-0.15, -0.1) is 0 Å². The predicted octanol–water partition coefficient (Wildman–Crippen LogP) is 2.42. The fraction of sp³-hybridized carbons (Fsp3) is 0.188. The summed E-state index contributed by atoms with van der Waals surface area (Å²) in [4.78, 5) is 12.4. The minimum atomic E-state index is -0.714. The van der Waals surface area contributed by atoms with Crippen LogP contribution in [-0.2, 0) is 0 Å². The minimum absolute atomic E-state index is 0.0636. The van der Waals surface area contributed by atoms with Crippen LogP contribution in [0.4, 0.5) is 0 Å². The van der Waals surface area contributed by atoms with E-state index in [1.165, 1.54) is 18.2 Å². The summed E-state index contributed by atoms with van der Waals surface area (Å²) in [7, 11) is 1.57. The molecule has 21 heavy (non-hydrogen) atoms. The molecule has 0 radical (unpaired) electrons. The van der Waals surface area contributed by atoms with E-state index in [1.807, 2.05) is 0 Å². The highest BCUT2D eigenvalue weighted by Gasteiger charge is 2.30. The quantitative estimate of drug-likeness (QED) is 0.938. The van der Waals surface area contributed by atoms with Gasteiger partial charge in [0.05, 0.1) is 12.7 Å². The molecule has 3 rings (SSSR count). The summed E-state index contributed by atoms with van der Waals surface area (Å²) in [6.45, 7) is 0.104. The van der Waals surface area contributed by atoms with Gasteiger partial charge in [-0.2, -0.15) is 0 Å². The molecule has 0 amide bonds. The third kappa shape index (κ3) is 2.63. The second-order valence-electron chi connectivity index (χ2n) is 4.64. The Morgan fingerprint density at radius 1 is 1.19 bits per heavy atom. The third-order valence-electron chi connectivity index (χ3n) is 3.23. The van der Waals surface area contributed by atoms with E-state index in [-0.39, 0.29) is 18.1 Å². The van der Waals surface area contributed by atoms with E-state index in [0.29, 0.717) is 22.8 Å². The van der Waals surface area contributed by atoms with Gasteiger partial charge >= 0.3 is 0 Å². The van der Waals surface area contributed by atoms with Crippen molar-refractivity contribution >= 4 is 5.78 Å². The normalized spacial score (nSPS) is 16.8. The number of aromatic hydroxyl groups is 1. The summed E-state index contributed by atoms with van der Waals surface area (Å²) >= 11 is 0. The molecule has 0 bridgehead atoms. The van der Waals surface area contributed by atoms with E-state index >= 15 is 0 Å². The van der Waals surface area contributed by atoms with Crippen molar-refractivity contribution in [3.63, 3.8) is 0 Å². The molecule has 1 atom stereocenters. The van der Waals surface area contributed by atoms with E-state index in [2.05, 4.69) is 0 Å². The van der Waals surface area contributed by atoms with Crippen LogP contribution < -0.4 is 14.2 Å². The predicted molar refractivity (Wildman–Crippen MR) is 75.3 cm³/mol. The molecule has 1 aliphatic heterocycles. The van der Waals surface area contributed by atoms with E-state index in [1.54, 1.807) is 31.4 Å². The molecule has 0 spiro atoms. The van der Waals surface area contributed by atoms with Crippen molar-refractivity contribution in [2.24, 2.45) is 0 Å². The molecule has 2 aromatic rings. The molecule has 1 N–H and O–H groups in total. The third-order valence-corrected chi connectivity index (χ3v) is 3.23. The highest BCUT2D eigenvalue weighted by atomic mass is 16.5. The van der Waals surface area contributed by atoms with Crippen molar-refractivity contribution < 1.29 is 24.1 Å². The lowest BCUT2D eigenvalue weighted by Crippen LogP contribution is -2.37. The Bertz CT molecular complexity index is 680. The number of carbonyl (C=O) groups is 1. The number of rotatable bonds is 3. The van der Waals surface area contributed by atoms with Crippen LogP contribution in [0, 0.1) is 0 Å². The van der Waals surface area contributed by atoms with Crippen LogP contribution in [0.3, 0.4) is 0 Å². The molecule has 0 fully saturated rings. The van der Waals surface area contributed by atoms with Gasteiger partial charge in [0, 0.05) is 12.1 Å². The first-order chi connectivity index (χ1) is 10.2. The summed E-state index contributed by atoms with van der Waals surface area (Å²) in [5.41, 5.74) is 0.409. The molecule has 0 aliphatic carbocycles. The van der Waals surface area contributed by atoms with E-state index in [0.717, 1.165) is 0 Å². The van der Waals surface area contributed by atoms with Gasteiger partial charge < -0.3 is 19.3 Å². The van der Waals surface area contributed by atoms with Gasteiger partial charge in [0.25, 0.3) is 0 Å². The van der Waals surface area contributed by atoms with Crippen molar-refractivity contribution in [2.45, 2.75) is 6.10 Å². The Labute approximate surface area is 121 Å². The molecule has 1 aliphatic rings. The number of phenols is 1. The first-order valence-corrected chi connectivity index (χ1v) is 6.48. The Balaban J connectivity index is 1.81. The maximum absolute atomic E-state index is 12.4. The van der Waals surface area contributed by atoms with Gasteiger partial charge in [-0.05, 0) is 24.3 Å². The maximum Gasteiger partial charge on any atom is 0.210 e. The molecule has 0 saturated heterocycles. The van der Waals surface area contributed by atoms with Crippen molar-refractivity contribution in [3.05, 3.63) is 48.0 Å². The van der Waals surface area contributed by atoms with Crippen LogP contribution in [0.2, 0.25) is 0 Å². The van der Waals surface area contributed by atoms with E-state index in [9.17, 15) is 9.90 Å². The van der Waals surface area contributed by atoms with Crippen LogP contribution in [0.1, 0.15) is 10.4 Å². The molecule has 108 valence electrons. The smallest absolute Gasteiger partial charge is 0.210 e. The topological polar surface area (TPSA) is 65.0 Å². The zero-order valence-electron chi connectivity index (χ0n) is 11.4. The van der Waals surface area contributed by atoms with Gasteiger partial charge in [-0.1, -0.05) is 6.07 Å². The Kier molecular flexibility index (Phi) is 3.39. The van der Waals surface area contributed by atoms with Crippen LogP contribution in [0.15, 0.2) is 42.5 Å². The highest BCUT2D eigenvalue weighted by molar-refractivity contribution is 6.03. The SMILES string of the molecule is COc1cccc(OC2COc3cc(O)ccc3C2=O)c1. The Morgan fingerprint density at radius 2 is 2.00 bits per heavy atom. The Hall–Kier alpha value is -2.69. The number of carbonyl (C=O) groups excluding carboxylic acids is 1. The fourth-order valence-corrected chi connectivity index (χ4v) is 2.17. The van der Waals surface area contributed by atoms with Crippen molar-refractivity contribution in [1.29, 1.82) is 0 Å². The summed E-state index contributed by atoms with van der Waals surface area (Å²) in [5, 5.41) is 9.40. The van der Waals surface area contributed by atoms with E-state index < -0.39 is 6.10 Å². The molecular formula is C16H14O5. The largest absolute Gasteiger partial charge is 0.508 e. The van der Waals surface area contributed by atoms with Crippen LogP contribution in [0.5, 0.6) is 23.0 Å². The van der Waals surface area contributed by atoms with Gasteiger partial charge in [0.2, 0.25) is 5.78 Å². The van der Waals surface area contributed by atoms with Gasteiger partial charge in [-0.25, -0.2) is 0 Å². The average molecular weight is 286 g/mol. The maximum atomic E-state index is 12.4. The zero-order chi connectivity index (χ0) is 14.8. The standard InChI is InChI=1S/C16H14O5/c1-19-11-3-2-4-12(8-11)21-15-9-20-14-7-10(17)5-6-13(14)16(15)18/h2-8,15,17H,9H2,1H3. The molecule has 5 nitrogen and oxygen atoms in total.